The van der Waals surface area contributed by atoms with Crippen LogP contribution in [-0.4, -0.2) is 56.3 Å². The number of aromatic nitrogens is 3. The highest BCUT2D eigenvalue weighted by atomic mass is 32.1. The third-order valence-electron chi connectivity index (χ3n) is 4.04. The molecule has 2 aromatic rings. The molecule has 3 heterocycles. The number of hydrogen-bond donors (Lipinski definition) is 3. The van der Waals surface area contributed by atoms with Gasteiger partial charge >= 0.3 is 4.87 Å². The van der Waals surface area contributed by atoms with E-state index in [0.717, 1.165) is 11.3 Å². The Bertz CT molecular complexity index is 762. The minimum atomic E-state index is -1.17. The number of hydrogen-bond acceptors (Lipinski definition) is 9. The molecule has 0 aliphatic carbocycles. The molecule has 0 radical (unpaired) electrons. The summed E-state index contributed by atoms with van der Waals surface area (Å²) in [7, 11) is 1.41. The van der Waals surface area contributed by atoms with E-state index in [1.54, 1.807) is 6.92 Å². The zero-order valence-electron chi connectivity index (χ0n) is 12.0. The summed E-state index contributed by atoms with van der Waals surface area (Å²) >= 11 is 0.925. The molecule has 10 heteroatoms. The van der Waals surface area contributed by atoms with Gasteiger partial charge in [0.15, 0.2) is 11.9 Å². The number of anilines is 1. The van der Waals surface area contributed by atoms with Crippen LogP contribution in [-0.2, 0) is 9.47 Å². The van der Waals surface area contributed by atoms with Crippen molar-refractivity contribution in [3.63, 3.8) is 0 Å². The van der Waals surface area contributed by atoms with Gasteiger partial charge in [-0.25, -0.2) is 4.98 Å². The lowest BCUT2D eigenvalue weighted by atomic mass is 9.94. The highest BCUT2D eigenvalue weighted by Crippen LogP contribution is 2.39. The van der Waals surface area contributed by atoms with Crippen molar-refractivity contribution in [3.05, 3.63) is 15.9 Å². The molecule has 1 saturated heterocycles. The molecule has 9 nitrogen and oxygen atoms in total. The SMILES string of the molecule is CO[C@]1(C)[C@@H](CO)O[C@@H](n2c(=O)sc3cnc(N)nc32)[C@@H]1O. The predicted molar refractivity (Wildman–Crippen MR) is 78.5 cm³/mol. The average molecular weight is 328 g/mol. The molecule has 2 aromatic heterocycles. The Labute approximate surface area is 128 Å². The summed E-state index contributed by atoms with van der Waals surface area (Å²) in [5.41, 5.74) is 4.70. The Balaban J connectivity index is 2.14. The van der Waals surface area contributed by atoms with Crippen LogP contribution in [0.1, 0.15) is 13.2 Å². The number of aliphatic hydroxyl groups is 2. The topological polar surface area (TPSA) is 133 Å². The second-order valence-electron chi connectivity index (χ2n) is 5.18. The van der Waals surface area contributed by atoms with Gasteiger partial charge in [-0.05, 0) is 6.92 Å². The van der Waals surface area contributed by atoms with Crippen molar-refractivity contribution in [2.24, 2.45) is 0 Å². The van der Waals surface area contributed by atoms with E-state index in [4.69, 9.17) is 15.2 Å². The normalized spacial score (nSPS) is 31.9. The lowest BCUT2D eigenvalue weighted by molar-refractivity contribution is -0.105. The number of nitrogens with zero attached hydrogens (tertiary/aromatic N) is 3. The minimum absolute atomic E-state index is 0.0137. The first kappa shape index (κ1) is 15.3. The van der Waals surface area contributed by atoms with Gasteiger partial charge in [0.05, 0.1) is 17.5 Å². The zero-order valence-corrected chi connectivity index (χ0v) is 12.8. The Hall–Kier alpha value is -1.59. The standard InChI is InChI=1S/C12H16N4O5S/c1-12(20-2)6(4-17)21-9(7(12)18)16-8-5(22-11(16)19)3-14-10(13)15-8/h3,6-7,9,17-18H,4H2,1-2H3,(H2,13,14,15)/t6-,7+,9-,12-/m1/s1. The molecular formula is C12H16N4O5S. The molecule has 0 spiro atoms. The van der Waals surface area contributed by atoms with Gasteiger partial charge in [0.25, 0.3) is 0 Å². The van der Waals surface area contributed by atoms with Crippen molar-refractivity contribution in [2.75, 3.05) is 19.5 Å². The molecular weight excluding hydrogens is 312 g/mol. The molecule has 0 unspecified atom stereocenters. The van der Waals surface area contributed by atoms with Crippen LogP contribution in [0, 0.1) is 0 Å². The first-order chi connectivity index (χ1) is 10.4. The maximum Gasteiger partial charge on any atom is 0.311 e. The van der Waals surface area contributed by atoms with Crippen LogP contribution in [0.3, 0.4) is 0 Å². The van der Waals surface area contributed by atoms with E-state index in [9.17, 15) is 15.0 Å². The van der Waals surface area contributed by atoms with Crippen molar-refractivity contribution in [1.82, 2.24) is 14.5 Å². The number of rotatable bonds is 3. The molecule has 4 atom stereocenters. The van der Waals surface area contributed by atoms with Crippen LogP contribution < -0.4 is 10.6 Å². The summed E-state index contributed by atoms with van der Waals surface area (Å²) in [6, 6.07) is 0. The summed E-state index contributed by atoms with van der Waals surface area (Å²) in [6.07, 6.45) is -1.53. The van der Waals surface area contributed by atoms with Crippen LogP contribution >= 0.6 is 11.3 Å². The van der Waals surface area contributed by atoms with E-state index in [2.05, 4.69) is 9.97 Å². The molecule has 120 valence electrons. The van der Waals surface area contributed by atoms with Crippen molar-refractivity contribution >= 4 is 27.6 Å². The Morgan fingerprint density at radius 1 is 1.64 bits per heavy atom. The number of nitrogens with two attached hydrogens (primary N) is 1. The summed E-state index contributed by atoms with van der Waals surface area (Å²) < 4.78 is 12.7. The molecule has 4 N–H and O–H groups in total. The molecule has 1 aliphatic rings. The minimum Gasteiger partial charge on any atom is -0.394 e. The summed E-state index contributed by atoms with van der Waals surface area (Å²) in [6.45, 7) is 1.26. The average Bonchev–Trinajstić information content (AvgIpc) is 2.94. The van der Waals surface area contributed by atoms with Crippen LogP contribution in [0.25, 0.3) is 10.3 Å². The van der Waals surface area contributed by atoms with E-state index in [1.807, 2.05) is 0 Å². The smallest absolute Gasteiger partial charge is 0.311 e. The van der Waals surface area contributed by atoms with E-state index in [0.29, 0.717) is 4.70 Å². The second-order valence-corrected chi connectivity index (χ2v) is 6.18. The quantitative estimate of drug-likeness (QED) is 0.659. The Morgan fingerprint density at radius 3 is 2.95 bits per heavy atom. The van der Waals surface area contributed by atoms with Gasteiger partial charge < -0.3 is 25.4 Å². The molecule has 0 aromatic carbocycles. The first-order valence-corrected chi connectivity index (χ1v) is 7.37. The molecule has 0 bridgehead atoms. The maximum absolute atomic E-state index is 12.3. The lowest BCUT2D eigenvalue weighted by Gasteiger charge is -2.29. The number of ether oxygens (including phenoxy) is 2. The fraction of sp³-hybridized carbons (Fsp3) is 0.583. The van der Waals surface area contributed by atoms with Gasteiger partial charge in [-0.2, -0.15) is 4.98 Å². The third kappa shape index (κ3) is 2.03. The lowest BCUT2D eigenvalue weighted by Crippen LogP contribution is -2.48. The summed E-state index contributed by atoms with van der Waals surface area (Å²) in [4.78, 5) is 19.8. The van der Waals surface area contributed by atoms with Gasteiger partial charge in [-0.15, -0.1) is 0 Å². The van der Waals surface area contributed by atoms with Crippen LogP contribution in [0.5, 0.6) is 0 Å². The molecule has 1 aliphatic heterocycles. The number of nitrogen functional groups attached to an aromatic ring is 1. The fourth-order valence-corrected chi connectivity index (χ4v) is 3.42. The van der Waals surface area contributed by atoms with Gasteiger partial charge in [0.1, 0.15) is 17.8 Å². The largest absolute Gasteiger partial charge is 0.394 e. The molecule has 0 amide bonds. The molecule has 3 rings (SSSR count). The highest BCUT2D eigenvalue weighted by molar-refractivity contribution is 7.16. The van der Waals surface area contributed by atoms with E-state index < -0.39 is 24.0 Å². The maximum atomic E-state index is 12.3. The van der Waals surface area contributed by atoms with Crippen molar-refractivity contribution in [2.45, 2.75) is 31.0 Å². The van der Waals surface area contributed by atoms with E-state index in [-0.39, 0.29) is 23.1 Å². The van der Waals surface area contributed by atoms with E-state index >= 15 is 0 Å². The van der Waals surface area contributed by atoms with E-state index in [1.165, 1.54) is 17.9 Å². The Kier molecular flexibility index (Phi) is 3.65. The summed E-state index contributed by atoms with van der Waals surface area (Å²) in [5, 5.41) is 20.0. The monoisotopic (exact) mass is 328 g/mol. The van der Waals surface area contributed by atoms with Crippen molar-refractivity contribution in [1.29, 1.82) is 0 Å². The van der Waals surface area contributed by atoms with Crippen LogP contribution in [0.2, 0.25) is 0 Å². The second kappa shape index (κ2) is 5.25. The molecule has 0 saturated carbocycles. The first-order valence-electron chi connectivity index (χ1n) is 6.55. The van der Waals surface area contributed by atoms with Crippen LogP contribution in [0.4, 0.5) is 5.95 Å². The van der Waals surface area contributed by atoms with Crippen molar-refractivity contribution in [3.8, 4) is 0 Å². The third-order valence-corrected chi connectivity index (χ3v) is 4.92. The van der Waals surface area contributed by atoms with Crippen LogP contribution in [0.15, 0.2) is 11.0 Å². The molecule has 22 heavy (non-hydrogen) atoms. The van der Waals surface area contributed by atoms with Gasteiger partial charge in [-0.3, -0.25) is 9.36 Å². The van der Waals surface area contributed by atoms with Crippen molar-refractivity contribution < 1.29 is 19.7 Å². The fourth-order valence-electron chi connectivity index (χ4n) is 2.60. The number of methoxy groups -OCH3 is 1. The Morgan fingerprint density at radius 2 is 2.36 bits per heavy atom. The van der Waals surface area contributed by atoms with Gasteiger partial charge in [0.2, 0.25) is 5.95 Å². The highest BCUT2D eigenvalue weighted by Gasteiger charge is 2.54. The predicted octanol–water partition coefficient (Wildman–Crippen LogP) is -0.909. The molecule has 1 fully saturated rings. The number of aliphatic hydroxyl groups excluding tert-OH is 2. The zero-order chi connectivity index (χ0) is 16.1. The summed E-state index contributed by atoms with van der Waals surface area (Å²) in [5.74, 6) is 0.0137. The van der Waals surface area contributed by atoms with Gasteiger partial charge in [0, 0.05) is 7.11 Å². The number of thiazole rings is 1. The van der Waals surface area contributed by atoms with Gasteiger partial charge in [-0.1, -0.05) is 11.3 Å². The number of fused-ring (bicyclic) bond motifs is 1.